The third-order valence-electron chi connectivity index (χ3n) is 4.71. The first-order chi connectivity index (χ1) is 13.8. The number of para-hydroxylation sites is 2. The van der Waals surface area contributed by atoms with E-state index >= 15 is 0 Å². The van der Waals surface area contributed by atoms with Crippen LogP contribution in [0.25, 0.3) is 16.9 Å². The van der Waals surface area contributed by atoms with Gasteiger partial charge in [0, 0.05) is 16.7 Å². The largest absolute Gasteiger partial charge is 0.494 e. The lowest BCUT2D eigenvalue weighted by atomic mass is 10.1. The fraction of sp³-hybridized carbons (Fsp3) is 0.250. The molecular formula is C20H20ClN3O4S. The summed E-state index contributed by atoms with van der Waals surface area (Å²) in [5, 5.41) is 5.25. The molecule has 0 saturated carbocycles. The van der Waals surface area contributed by atoms with E-state index in [1.165, 1.54) is 10.6 Å². The second-order valence-electron chi connectivity index (χ2n) is 6.78. The molecule has 7 nitrogen and oxygen atoms in total. The Hall–Kier alpha value is -2.55. The molecule has 3 aromatic rings. The smallest absolute Gasteiger partial charge is 0.234 e. The van der Waals surface area contributed by atoms with E-state index in [1.807, 2.05) is 54.6 Å². The Morgan fingerprint density at radius 1 is 1.10 bits per heavy atom. The van der Waals surface area contributed by atoms with E-state index in [0.717, 1.165) is 16.9 Å². The Balaban J connectivity index is 1.69. The van der Waals surface area contributed by atoms with Crippen molar-refractivity contribution < 1.29 is 17.9 Å². The average molecular weight is 434 g/mol. The summed E-state index contributed by atoms with van der Waals surface area (Å²) in [6.07, 6.45) is 0.960. The van der Waals surface area contributed by atoms with E-state index in [9.17, 15) is 8.42 Å². The zero-order chi connectivity index (χ0) is 20.6. The fourth-order valence-corrected chi connectivity index (χ4v) is 4.15. The van der Waals surface area contributed by atoms with Crippen molar-refractivity contribution in [3.63, 3.8) is 0 Å². The van der Waals surface area contributed by atoms with Crippen LogP contribution in [0, 0.1) is 0 Å². The number of methoxy groups -OCH3 is 1. The first kappa shape index (κ1) is 19.8. The number of rotatable bonds is 6. The molecule has 1 aromatic heterocycles. The maximum Gasteiger partial charge on any atom is 0.234 e. The Labute approximate surface area is 174 Å². The van der Waals surface area contributed by atoms with Crippen molar-refractivity contribution in [3.8, 4) is 28.6 Å². The second kappa shape index (κ2) is 7.70. The summed E-state index contributed by atoms with van der Waals surface area (Å²) in [5.74, 6) is 1.09. The van der Waals surface area contributed by atoms with Crippen LogP contribution in [0.1, 0.15) is 0 Å². The van der Waals surface area contributed by atoms with Crippen molar-refractivity contribution in [2.75, 3.05) is 26.5 Å². The highest BCUT2D eigenvalue weighted by Crippen LogP contribution is 2.32. The molecule has 2 aromatic carbocycles. The standard InChI is InChI=1S/C20H20ClN3O4S/c1-27-19-6-4-3-5-17(19)24-18(14-7-9-15(21)10-8-14)11-20(22-24)28-16-12-23(13-16)29(2,25)26/h3-11,16H,12-13H2,1-2H3. The lowest BCUT2D eigenvalue weighted by molar-refractivity contribution is 0.0722. The number of ether oxygens (including phenoxy) is 2. The molecule has 4 rings (SSSR count). The molecule has 0 amide bonds. The minimum atomic E-state index is -3.19. The third kappa shape index (κ3) is 4.10. The van der Waals surface area contributed by atoms with Crippen molar-refractivity contribution in [2.24, 2.45) is 0 Å². The molecule has 29 heavy (non-hydrogen) atoms. The molecule has 0 spiro atoms. The topological polar surface area (TPSA) is 73.7 Å². The van der Waals surface area contributed by atoms with Gasteiger partial charge in [0.25, 0.3) is 0 Å². The van der Waals surface area contributed by atoms with E-state index in [-0.39, 0.29) is 6.10 Å². The van der Waals surface area contributed by atoms with Crippen LogP contribution in [-0.4, -0.2) is 55.1 Å². The highest BCUT2D eigenvalue weighted by Gasteiger charge is 2.35. The average Bonchev–Trinajstić information content (AvgIpc) is 3.07. The number of halogens is 1. The molecule has 0 bridgehead atoms. The fourth-order valence-electron chi connectivity index (χ4n) is 3.15. The van der Waals surface area contributed by atoms with Gasteiger partial charge >= 0.3 is 0 Å². The van der Waals surface area contributed by atoms with Crippen LogP contribution in [0.5, 0.6) is 11.6 Å². The predicted molar refractivity (Wildman–Crippen MR) is 111 cm³/mol. The molecule has 0 atom stereocenters. The van der Waals surface area contributed by atoms with E-state index < -0.39 is 10.0 Å². The van der Waals surface area contributed by atoms with Crippen molar-refractivity contribution >= 4 is 21.6 Å². The monoisotopic (exact) mass is 433 g/mol. The quantitative estimate of drug-likeness (QED) is 0.596. The molecule has 0 aliphatic carbocycles. The van der Waals surface area contributed by atoms with Gasteiger partial charge in [0.15, 0.2) is 0 Å². The number of sulfonamides is 1. The van der Waals surface area contributed by atoms with Gasteiger partial charge in [0.05, 0.1) is 32.1 Å². The lowest BCUT2D eigenvalue weighted by Gasteiger charge is -2.36. The Kier molecular flexibility index (Phi) is 5.24. The van der Waals surface area contributed by atoms with Crippen molar-refractivity contribution in [1.29, 1.82) is 0 Å². The van der Waals surface area contributed by atoms with Gasteiger partial charge < -0.3 is 9.47 Å². The Morgan fingerprint density at radius 3 is 2.45 bits per heavy atom. The zero-order valence-corrected chi connectivity index (χ0v) is 17.5. The highest BCUT2D eigenvalue weighted by molar-refractivity contribution is 7.88. The molecule has 2 heterocycles. The summed E-state index contributed by atoms with van der Waals surface area (Å²) in [6, 6.07) is 16.8. The summed E-state index contributed by atoms with van der Waals surface area (Å²) in [5.41, 5.74) is 2.48. The minimum absolute atomic E-state index is 0.233. The summed E-state index contributed by atoms with van der Waals surface area (Å²) in [7, 11) is -1.59. The van der Waals surface area contributed by atoms with Gasteiger partial charge in [-0.2, -0.15) is 4.31 Å². The first-order valence-electron chi connectivity index (χ1n) is 8.96. The zero-order valence-electron chi connectivity index (χ0n) is 15.9. The first-order valence-corrected chi connectivity index (χ1v) is 11.2. The van der Waals surface area contributed by atoms with Crippen LogP contribution in [0.2, 0.25) is 5.02 Å². The second-order valence-corrected chi connectivity index (χ2v) is 9.20. The van der Waals surface area contributed by atoms with Gasteiger partial charge in [0.2, 0.25) is 15.9 Å². The van der Waals surface area contributed by atoms with Gasteiger partial charge in [-0.15, -0.1) is 5.10 Å². The maximum atomic E-state index is 11.6. The molecule has 0 N–H and O–H groups in total. The van der Waals surface area contributed by atoms with Crippen molar-refractivity contribution in [1.82, 2.24) is 14.1 Å². The van der Waals surface area contributed by atoms with Gasteiger partial charge in [-0.05, 0) is 24.3 Å². The normalized spacial score (nSPS) is 15.1. The molecule has 152 valence electrons. The van der Waals surface area contributed by atoms with E-state index in [4.69, 9.17) is 21.1 Å². The molecule has 1 saturated heterocycles. The van der Waals surface area contributed by atoms with Crippen LogP contribution in [0.15, 0.2) is 54.6 Å². The molecule has 9 heteroatoms. The lowest BCUT2D eigenvalue weighted by Crippen LogP contribution is -2.55. The molecule has 0 unspecified atom stereocenters. The Morgan fingerprint density at radius 2 is 1.79 bits per heavy atom. The molecule has 1 fully saturated rings. The summed E-state index contributed by atoms with van der Waals surface area (Å²) in [6.45, 7) is 0.632. The third-order valence-corrected chi connectivity index (χ3v) is 6.20. The molecular weight excluding hydrogens is 414 g/mol. The summed E-state index contributed by atoms with van der Waals surface area (Å²) < 4.78 is 37.7. The summed E-state index contributed by atoms with van der Waals surface area (Å²) in [4.78, 5) is 0. The predicted octanol–water partition coefficient (Wildman–Crippen LogP) is 3.22. The van der Waals surface area contributed by atoms with Crippen LogP contribution in [0.4, 0.5) is 0 Å². The minimum Gasteiger partial charge on any atom is -0.494 e. The highest BCUT2D eigenvalue weighted by atomic mass is 35.5. The van der Waals surface area contributed by atoms with E-state index in [2.05, 4.69) is 5.10 Å². The van der Waals surface area contributed by atoms with Gasteiger partial charge in [0.1, 0.15) is 17.5 Å². The maximum absolute atomic E-state index is 11.6. The number of aromatic nitrogens is 2. The number of hydrogen-bond acceptors (Lipinski definition) is 5. The van der Waals surface area contributed by atoms with Crippen molar-refractivity contribution in [2.45, 2.75) is 6.10 Å². The molecule has 1 aliphatic rings. The van der Waals surface area contributed by atoms with Gasteiger partial charge in [-0.3, -0.25) is 0 Å². The van der Waals surface area contributed by atoms with E-state index in [1.54, 1.807) is 11.8 Å². The number of benzene rings is 2. The van der Waals surface area contributed by atoms with Gasteiger partial charge in [-0.1, -0.05) is 35.9 Å². The van der Waals surface area contributed by atoms with Crippen LogP contribution < -0.4 is 9.47 Å². The van der Waals surface area contributed by atoms with Gasteiger partial charge in [-0.25, -0.2) is 13.1 Å². The van der Waals surface area contributed by atoms with E-state index in [0.29, 0.717) is 29.7 Å². The number of nitrogens with zero attached hydrogens (tertiary/aromatic N) is 3. The summed E-state index contributed by atoms with van der Waals surface area (Å²) >= 11 is 6.03. The number of hydrogen-bond donors (Lipinski definition) is 0. The molecule has 1 aliphatic heterocycles. The molecule has 0 radical (unpaired) electrons. The SMILES string of the molecule is COc1ccccc1-n1nc(OC2CN(S(C)(=O)=O)C2)cc1-c1ccc(Cl)cc1. The Bertz CT molecular complexity index is 1120. The van der Waals surface area contributed by atoms with Crippen LogP contribution in [0.3, 0.4) is 0 Å². The van der Waals surface area contributed by atoms with Crippen molar-refractivity contribution in [3.05, 3.63) is 59.6 Å². The van der Waals surface area contributed by atoms with Crippen LogP contribution in [-0.2, 0) is 10.0 Å². The van der Waals surface area contributed by atoms with Crippen LogP contribution >= 0.6 is 11.6 Å².